The van der Waals surface area contributed by atoms with Crippen LogP contribution < -0.4 is 10.6 Å². The Balaban J connectivity index is 0.00000264. The first-order valence-corrected chi connectivity index (χ1v) is 8.73. The van der Waals surface area contributed by atoms with Gasteiger partial charge in [-0.25, -0.2) is 0 Å². The first-order chi connectivity index (χ1) is 10.5. The standard InChI is InChI=1S/C17H34N4O.HI/c1-16(2,21-9-11-22-12-10-21)13-19-15(18-4)20-14-17(3)7-5-6-8-17;/h5-14H2,1-4H3,(H2,18,19,20);1H. The van der Waals surface area contributed by atoms with Crippen LogP contribution in [0.1, 0.15) is 46.5 Å². The molecule has 136 valence electrons. The van der Waals surface area contributed by atoms with E-state index in [1.807, 2.05) is 7.05 Å². The lowest BCUT2D eigenvalue weighted by Crippen LogP contribution is -2.56. The molecule has 1 heterocycles. The number of rotatable bonds is 5. The van der Waals surface area contributed by atoms with E-state index in [0.29, 0.717) is 5.41 Å². The third-order valence-electron chi connectivity index (χ3n) is 5.27. The van der Waals surface area contributed by atoms with Crippen LogP contribution >= 0.6 is 24.0 Å². The molecule has 5 nitrogen and oxygen atoms in total. The fourth-order valence-electron chi connectivity index (χ4n) is 3.50. The van der Waals surface area contributed by atoms with Gasteiger partial charge in [-0.3, -0.25) is 9.89 Å². The van der Waals surface area contributed by atoms with E-state index in [4.69, 9.17) is 4.74 Å². The average molecular weight is 438 g/mol. The number of guanidine groups is 1. The van der Waals surface area contributed by atoms with E-state index < -0.39 is 0 Å². The lowest BCUT2D eigenvalue weighted by Gasteiger charge is -2.41. The lowest BCUT2D eigenvalue weighted by molar-refractivity contribution is -0.00834. The van der Waals surface area contributed by atoms with Crippen LogP contribution in [0.2, 0.25) is 0 Å². The van der Waals surface area contributed by atoms with Gasteiger partial charge in [0.25, 0.3) is 0 Å². The third kappa shape index (κ3) is 6.38. The maximum Gasteiger partial charge on any atom is 0.191 e. The Hall–Kier alpha value is -0.0800. The summed E-state index contributed by atoms with van der Waals surface area (Å²) in [4.78, 5) is 6.87. The van der Waals surface area contributed by atoms with Crippen LogP contribution in [0.5, 0.6) is 0 Å². The molecule has 2 fully saturated rings. The summed E-state index contributed by atoms with van der Waals surface area (Å²) < 4.78 is 5.45. The molecule has 23 heavy (non-hydrogen) atoms. The maximum atomic E-state index is 5.45. The molecule has 2 rings (SSSR count). The van der Waals surface area contributed by atoms with Gasteiger partial charge in [-0.1, -0.05) is 19.8 Å². The summed E-state index contributed by atoms with van der Waals surface area (Å²) in [5, 5.41) is 7.03. The largest absolute Gasteiger partial charge is 0.379 e. The van der Waals surface area contributed by atoms with Gasteiger partial charge in [0.2, 0.25) is 0 Å². The summed E-state index contributed by atoms with van der Waals surface area (Å²) >= 11 is 0. The zero-order chi connectivity index (χ0) is 16.1. The Morgan fingerprint density at radius 2 is 1.78 bits per heavy atom. The van der Waals surface area contributed by atoms with Crippen LogP contribution in [0.4, 0.5) is 0 Å². The monoisotopic (exact) mass is 438 g/mol. The van der Waals surface area contributed by atoms with Crippen molar-refractivity contribution in [1.29, 1.82) is 0 Å². The third-order valence-corrected chi connectivity index (χ3v) is 5.27. The normalized spacial score (nSPS) is 22.5. The molecule has 0 amide bonds. The number of ether oxygens (including phenoxy) is 1. The van der Waals surface area contributed by atoms with E-state index >= 15 is 0 Å². The van der Waals surface area contributed by atoms with E-state index in [-0.39, 0.29) is 29.5 Å². The number of nitrogens with zero attached hydrogens (tertiary/aromatic N) is 2. The fraction of sp³-hybridized carbons (Fsp3) is 0.941. The molecule has 1 saturated carbocycles. The number of hydrogen-bond donors (Lipinski definition) is 2. The van der Waals surface area contributed by atoms with Crippen molar-refractivity contribution in [3.8, 4) is 0 Å². The molecule has 0 aromatic carbocycles. The Bertz CT molecular complexity index is 375. The molecule has 2 aliphatic rings. The van der Waals surface area contributed by atoms with E-state index in [9.17, 15) is 0 Å². The fourth-order valence-corrected chi connectivity index (χ4v) is 3.50. The van der Waals surface area contributed by atoms with E-state index in [1.54, 1.807) is 0 Å². The zero-order valence-electron chi connectivity index (χ0n) is 15.3. The highest BCUT2D eigenvalue weighted by Gasteiger charge is 2.30. The number of aliphatic imine (C=N–C) groups is 1. The molecular weight excluding hydrogens is 403 g/mol. The molecule has 1 aliphatic heterocycles. The van der Waals surface area contributed by atoms with Crippen LogP contribution in [0.15, 0.2) is 4.99 Å². The molecular formula is C17H35IN4O. The van der Waals surface area contributed by atoms with Crippen molar-refractivity contribution in [2.24, 2.45) is 10.4 Å². The second-order valence-electron chi connectivity index (χ2n) is 7.71. The van der Waals surface area contributed by atoms with Gasteiger partial charge in [0.05, 0.1) is 13.2 Å². The SMILES string of the molecule is CN=C(NCC1(C)CCCC1)NCC(C)(C)N1CCOCC1.I. The van der Waals surface area contributed by atoms with Gasteiger partial charge in [0.1, 0.15) is 0 Å². The van der Waals surface area contributed by atoms with Crippen molar-refractivity contribution in [2.75, 3.05) is 46.4 Å². The van der Waals surface area contributed by atoms with E-state index in [1.165, 1.54) is 25.7 Å². The Morgan fingerprint density at radius 3 is 2.35 bits per heavy atom. The molecule has 0 aromatic rings. The van der Waals surface area contributed by atoms with Crippen molar-refractivity contribution in [3.05, 3.63) is 0 Å². The first kappa shape index (κ1) is 21.0. The van der Waals surface area contributed by atoms with Gasteiger partial charge in [0.15, 0.2) is 5.96 Å². The molecule has 6 heteroatoms. The maximum absolute atomic E-state index is 5.45. The predicted molar refractivity (Wildman–Crippen MR) is 108 cm³/mol. The number of halogens is 1. The topological polar surface area (TPSA) is 48.9 Å². The quantitative estimate of drug-likeness (QED) is 0.394. The minimum atomic E-state index is 0. The second kappa shape index (κ2) is 9.42. The summed E-state index contributed by atoms with van der Waals surface area (Å²) in [6.07, 6.45) is 5.40. The van der Waals surface area contributed by atoms with Crippen LogP contribution in [-0.4, -0.2) is 62.8 Å². The summed E-state index contributed by atoms with van der Waals surface area (Å²) in [7, 11) is 1.86. The summed E-state index contributed by atoms with van der Waals surface area (Å²) in [5.41, 5.74) is 0.552. The molecule has 1 aliphatic carbocycles. The van der Waals surface area contributed by atoms with Gasteiger partial charge in [-0.2, -0.15) is 0 Å². The van der Waals surface area contributed by atoms with Gasteiger partial charge in [-0.05, 0) is 32.1 Å². The van der Waals surface area contributed by atoms with Crippen LogP contribution in [0.25, 0.3) is 0 Å². The highest BCUT2D eigenvalue weighted by Crippen LogP contribution is 2.36. The number of morpholine rings is 1. The van der Waals surface area contributed by atoms with Crippen molar-refractivity contribution in [2.45, 2.75) is 52.0 Å². The lowest BCUT2D eigenvalue weighted by atomic mass is 9.89. The Morgan fingerprint density at radius 1 is 1.17 bits per heavy atom. The van der Waals surface area contributed by atoms with Crippen molar-refractivity contribution < 1.29 is 4.74 Å². The summed E-state index contributed by atoms with van der Waals surface area (Å²) in [6.45, 7) is 12.6. The highest BCUT2D eigenvalue weighted by molar-refractivity contribution is 14.0. The minimum absolute atomic E-state index is 0. The average Bonchev–Trinajstić information content (AvgIpc) is 2.95. The molecule has 0 unspecified atom stereocenters. The van der Waals surface area contributed by atoms with Gasteiger partial charge in [0, 0.05) is 38.8 Å². The van der Waals surface area contributed by atoms with Gasteiger partial charge >= 0.3 is 0 Å². The summed E-state index contributed by atoms with van der Waals surface area (Å²) in [5.74, 6) is 0.925. The molecule has 0 aromatic heterocycles. The second-order valence-corrected chi connectivity index (χ2v) is 7.71. The smallest absolute Gasteiger partial charge is 0.191 e. The van der Waals surface area contributed by atoms with Crippen molar-refractivity contribution in [3.63, 3.8) is 0 Å². The Kier molecular flexibility index (Phi) is 8.58. The van der Waals surface area contributed by atoms with Crippen LogP contribution in [-0.2, 0) is 4.74 Å². The van der Waals surface area contributed by atoms with Crippen LogP contribution in [0.3, 0.4) is 0 Å². The van der Waals surface area contributed by atoms with Crippen molar-refractivity contribution >= 4 is 29.9 Å². The predicted octanol–water partition coefficient (Wildman–Crippen LogP) is 2.46. The Labute approximate surface area is 159 Å². The van der Waals surface area contributed by atoms with Crippen molar-refractivity contribution in [1.82, 2.24) is 15.5 Å². The molecule has 0 atom stereocenters. The highest BCUT2D eigenvalue weighted by atomic mass is 127. The zero-order valence-corrected chi connectivity index (χ0v) is 17.6. The van der Waals surface area contributed by atoms with Gasteiger partial charge in [-0.15, -0.1) is 24.0 Å². The van der Waals surface area contributed by atoms with E-state index in [2.05, 4.69) is 41.3 Å². The van der Waals surface area contributed by atoms with E-state index in [0.717, 1.165) is 45.4 Å². The minimum Gasteiger partial charge on any atom is -0.379 e. The van der Waals surface area contributed by atoms with Crippen LogP contribution in [0, 0.1) is 5.41 Å². The summed E-state index contributed by atoms with van der Waals surface area (Å²) in [6, 6.07) is 0. The molecule has 2 N–H and O–H groups in total. The molecule has 0 radical (unpaired) electrons. The molecule has 1 saturated heterocycles. The first-order valence-electron chi connectivity index (χ1n) is 8.73. The number of nitrogens with one attached hydrogen (secondary N) is 2. The molecule has 0 bridgehead atoms. The number of hydrogen-bond acceptors (Lipinski definition) is 3. The van der Waals surface area contributed by atoms with Gasteiger partial charge < -0.3 is 15.4 Å². The molecule has 0 spiro atoms.